The number of para-hydroxylation sites is 1. The van der Waals surface area contributed by atoms with Gasteiger partial charge in [-0.1, -0.05) is 141 Å². The largest absolute Gasteiger partial charge is 0.307 e. The maximum absolute atomic E-state index is 15.3. The number of benzene rings is 9. The van der Waals surface area contributed by atoms with Gasteiger partial charge in [0.15, 0.2) is 0 Å². The van der Waals surface area contributed by atoms with Crippen molar-refractivity contribution in [1.29, 1.82) is 0 Å². The summed E-state index contributed by atoms with van der Waals surface area (Å²) in [6.45, 7) is 4.60. The Morgan fingerprint density at radius 3 is 1.67 bits per heavy atom. The molecule has 0 fully saturated rings. The van der Waals surface area contributed by atoms with Crippen molar-refractivity contribution >= 4 is 84.8 Å². The molecule has 66 heavy (non-hydrogen) atoms. The van der Waals surface area contributed by atoms with Gasteiger partial charge in [-0.15, -0.1) is 22.7 Å². The second-order valence-electron chi connectivity index (χ2n) is 17.7. The molecule has 0 aliphatic heterocycles. The Bertz CT molecular complexity index is 3850. The van der Waals surface area contributed by atoms with Gasteiger partial charge in [0.25, 0.3) is 0 Å². The van der Waals surface area contributed by atoms with Gasteiger partial charge < -0.3 is 4.57 Å². The quantitative estimate of drug-likeness (QED) is 0.157. The highest BCUT2D eigenvalue weighted by Crippen LogP contribution is 2.55. The second kappa shape index (κ2) is 15.3. The van der Waals surface area contributed by atoms with E-state index in [1.54, 1.807) is 24.3 Å². The summed E-state index contributed by atoms with van der Waals surface area (Å²) in [5.41, 5.74) is 16.6. The van der Waals surface area contributed by atoms with Crippen LogP contribution in [0.2, 0.25) is 0 Å². The van der Waals surface area contributed by atoms with E-state index in [1.807, 2.05) is 46.9 Å². The lowest BCUT2D eigenvalue weighted by Crippen LogP contribution is -2.15. The van der Waals surface area contributed by atoms with Gasteiger partial charge in [-0.3, -0.25) is 0 Å². The minimum absolute atomic E-state index is 0.0222. The third kappa shape index (κ3) is 5.79. The molecule has 3 aromatic heterocycles. The summed E-state index contributed by atoms with van der Waals surface area (Å²) in [4.78, 5) is 0. The first-order valence-corrected chi connectivity index (χ1v) is 24.7. The van der Waals surface area contributed by atoms with Crippen molar-refractivity contribution in [2.75, 3.05) is 0 Å². The lowest BCUT2D eigenvalue weighted by molar-refractivity contribution is 0.627. The molecule has 318 valence electrons. The van der Waals surface area contributed by atoms with Crippen molar-refractivity contribution in [2.24, 2.45) is 0 Å². The van der Waals surface area contributed by atoms with Crippen LogP contribution in [0.5, 0.6) is 0 Å². The standard InChI is InChI=1S/C61H43F2NS2/c1-3-40-54(36-21-26-38(62)27-22-36)59(64-51-18-10-7-15-43(51)47-32-34-49-45-17-9-12-20-53(45)66-61(49)58(47)64)55(37-23-28-39(63)29-24-37)41(4-2)56(40)50-30-25-35-13-5-6-14-42(35)46-31-33-48-44-16-8-11-19-52(44)65-60(48)57(46)50/h5-24,26-29,31-34,50H,3-4,25,30H2,1-2H3. The third-order valence-electron chi connectivity index (χ3n) is 14.4. The van der Waals surface area contributed by atoms with Crippen LogP contribution in [-0.2, 0) is 19.3 Å². The van der Waals surface area contributed by atoms with Crippen LogP contribution in [0.3, 0.4) is 0 Å². The van der Waals surface area contributed by atoms with E-state index in [9.17, 15) is 0 Å². The number of nitrogens with zero attached hydrogens (tertiary/aromatic N) is 1. The fourth-order valence-electron chi connectivity index (χ4n) is 11.7. The van der Waals surface area contributed by atoms with E-state index in [0.717, 1.165) is 64.7 Å². The molecule has 3 heterocycles. The van der Waals surface area contributed by atoms with Gasteiger partial charge in [-0.2, -0.15) is 0 Å². The minimum atomic E-state index is -0.269. The van der Waals surface area contributed by atoms with Gasteiger partial charge in [0.2, 0.25) is 0 Å². The monoisotopic (exact) mass is 891 g/mol. The molecule has 5 heteroatoms. The Kier molecular flexibility index (Phi) is 9.17. The molecule has 1 unspecified atom stereocenters. The number of hydrogen-bond acceptors (Lipinski definition) is 2. The summed E-state index contributed by atoms with van der Waals surface area (Å²) in [5, 5.41) is 7.40. The van der Waals surface area contributed by atoms with E-state index < -0.39 is 0 Å². The first-order valence-electron chi connectivity index (χ1n) is 23.1. The van der Waals surface area contributed by atoms with Crippen molar-refractivity contribution in [1.82, 2.24) is 4.57 Å². The van der Waals surface area contributed by atoms with Crippen molar-refractivity contribution in [2.45, 2.75) is 45.4 Å². The highest BCUT2D eigenvalue weighted by atomic mass is 32.1. The molecule has 1 aliphatic carbocycles. The fraction of sp³-hybridized carbons (Fsp3) is 0.115. The molecule has 1 atom stereocenters. The molecule has 1 aliphatic rings. The van der Waals surface area contributed by atoms with Gasteiger partial charge >= 0.3 is 0 Å². The Hall–Kier alpha value is -6.92. The van der Waals surface area contributed by atoms with E-state index in [4.69, 9.17) is 0 Å². The number of thiophene rings is 2. The Morgan fingerprint density at radius 2 is 1.02 bits per heavy atom. The van der Waals surface area contributed by atoms with Crippen LogP contribution < -0.4 is 0 Å². The zero-order valence-corrected chi connectivity index (χ0v) is 38.2. The normalized spacial score (nSPS) is 13.9. The first kappa shape index (κ1) is 39.4. The summed E-state index contributed by atoms with van der Waals surface area (Å²) in [6, 6.07) is 59.0. The van der Waals surface area contributed by atoms with E-state index in [2.05, 4.69) is 140 Å². The Morgan fingerprint density at radius 1 is 0.485 bits per heavy atom. The zero-order valence-electron chi connectivity index (χ0n) is 36.6. The summed E-state index contributed by atoms with van der Waals surface area (Å²) in [6.07, 6.45) is 3.34. The first-order chi connectivity index (χ1) is 32.5. The maximum Gasteiger partial charge on any atom is 0.123 e. The fourth-order valence-corrected chi connectivity index (χ4v) is 14.2. The van der Waals surface area contributed by atoms with Crippen molar-refractivity contribution in [3.63, 3.8) is 0 Å². The zero-order chi connectivity index (χ0) is 44.2. The van der Waals surface area contributed by atoms with Crippen LogP contribution in [0, 0.1) is 11.6 Å². The summed E-state index contributed by atoms with van der Waals surface area (Å²) in [7, 11) is 0. The van der Waals surface area contributed by atoms with E-state index in [1.165, 1.54) is 90.1 Å². The summed E-state index contributed by atoms with van der Waals surface area (Å²) in [5.74, 6) is -0.517. The highest BCUT2D eigenvalue weighted by Gasteiger charge is 2.35. The van der Waals surface area contributed by atoms with Crippen LogP contribution in [0.25, 0.3) is 101 Å². The van der Waals surface area contributed by atoms with Gasteiger partial charge in [0, 0.05) is 63.5 Å². The molecular weight excluding hydrogens is 849 g/mol. The number of aromatic nitrogens is 1. The maximum atomic E-state index is 15.3. The number of fused-ring (bicyclic) bond motifs is 14. The van der Waals surface area contributed by atoms with Crippen molar-refractivity contribution in [3.05, 3.63) is 209 Å². The van der Waals surface area contributed by atoms with Crippen LogP contribution in [0.4, 0.5) is 8.78 Å². The van der Waals surface area contributed by atoms with Crippen LogP contribution in [-0.4, -0.2) is 4.57 Å². The Labute approximate surface area is 389 Å². The van der Waals surface area contributed by atoms with Gasteiger partial charge in [-0.05, 0) is 118 Å². The summed E-state index contributed by atoms with van der Waals surface area (Å²) < 4.78 is 38.1. The van der Waals surface area contributed by atoms with E-state index in [-0.39, 0.29) is 17.6 Å². The van der Waals surface area contributed by atoms with E-state index >= 15 is 8.78 Å². The number of aryl methyl sites for hydroxylation is 1. The predicted molar refractivity (Wildman–Crippen MR) is 278 cm³/mol. The molecule has 0 bridgehead atoms. The summed E-state index contributed by atoms with van der Waals surface area (Å²) >= 11 is 3.75. The van der Waals surface area contributed by atoms with Crippen LogP contribution in [0.15, 0.2) is 170 Å². The van der Waals surface area contributed by atoms with Crippen LogP contribution >= 0.6 is 22.7 Å². The topological polar surface area (TPSA) is 4.93 Å². The number of rotatable bonds is 6. The number of halogens is 2. The smallest absolute Gasteiger partial charge is 0.123 e. The molecule has 12 aromatic rings. The molecule has 0 saturated heterocycles. The average Bonchev–Trinajstić information content (AvgIpc) is 4.00. The lowest BCUT2D eigenvalue weighted by atomic mass is 9.74. The van der Waals surface area contributed by atoms with Gasteiger partial charge in [0.05, 0.1) is 21.4 Å². The second-order valence-corrected chi connectivity index (χ2v) is 19.8. The molecular formula is C61H43F2NS2. The molecule has 13 rings (SSSR count). The van der Waals surface area contributed by atoms with Crippen molar-refractivity contribution < 1.29 is 8.78 Å². The lowest BCUT2D eigenvalue weighted by Gasteiger charge is -2.32. The number of hydrogen-bond donors (Lipinski definition) is 0. The van der Waals surface area contributed by atoms with E-state index in [0.29, 0.717) is 0 Å². The van der Waals surface area contributed by atoms with Gasteiger partial charge in [-0.25, -0.2) is 8.78 Å². The van der Waals surface area contributed by atoms with Gasteiger partial charge in [0.1, 0.15) is 11.6 Å². The predicted octanol–water partition coefficient (Wildman–Crippen LogP) is 18.0. The SMILES string of the molecule is CCc1c(-c2ccc(F)cc2)c(-n2c3ccccc3c3ccc4c5ccccc5sc4c32)c(-c2ccc(F)cc2)c(CC)c1C1CCc2ccccc2-c2ccc3c(sc4ccccc43)c21. The third-order valence-corrected chi connectivity index (χ3v) is 16.8. The molecule has 1 nitrogen and oxygen atoms in total. The van der Waals surface area contributed by atoms with Crippen molar-refractivity contribution in [3.8, 4) is 39.1 Å². The molecule has 0 saturated carbocycles. The molecule has 0 spiro atoms. The molecule has 0 N–H and O–H groups in total. The molecule has 9 aromatic carbocycles. The Balaban J connectivity index is 1.25. The highest BCUT2D eigenvalue weighted by molar-refractivity contribution is 7.27. The molecule has 0 amide bonds. The van der Waals surface area contributed by atoms with Crippen LogP contribution in [0.1, 0.15) is 54.0 Å². The molecule has 0 radical (unpaired) electrons. The minimum Gasteiger partial charge on any atom is -0.307 e. The average molecular weight is 892 g/mol.